The maximum absolute atomic E-state index is 11.9. The first kappa shape index (κ1) is 17.8. The summed E-state index contributed by atoms with van der Waals surface area (Å²) in [4.78, 5) is 22.2. The fourth-order valence-corrected chi connectivity index (χ4v) is 2.88. The number of thioether (sulfide) groups is 1. The highest BCUT2D eigenvalue weighted by Crippen LogP contribution is 2.29. The van der Waals surface area contributed by atoms with Crippen molar-refractivity contribution in [3.05, 3.63) is 74.3 Å². The number of benzene rings is 2. The van der Waals surface area contributed by atoms with Gasteiger partial charge >= 0.3 is 0 Å². The summed E-state index contributed by atoms with van der Waals surface area (Å²) in [6.07, 6.45) is 1.79. The third kappa shape index (κ3) is 4.27. The second-order valence-electron chi connectivity index (χ2n) is 4.71. The van der Waals surface area contributed by atoms with Crippen LogP contribution in [0.3, 0.4) is 0 Å². The molecular formula is C16H14ClN3O3S. The van der Waals surface area contributed by atoms with Crippen molar-refractivity contribution in [1.29, 1.82) is 0 Å². The predicted octanol–water partition coefficient (Wildman–Crippen LogP) is 3.88. The zero-order valence-corrected chi connectivity index (χ0v) is 14.2. The van der Waals surface area contributed by atoms with E-state index in [-0.39, 0.29) is 11.3 Å². The highest BCUT2D eigenvalue weighted by Gasteiger charge is 2.16. The Balaban J connectivity index is 2.46. The molecule has 0 aliphatic heterocycles. The van der Waals surface area contributed by atoms with Gasteiger partial charge in [-0.15, -0.1) is 11.8 Å². The van der Waals surface area contributed by atoms with Crippen LogP contribution in [0.2, 0.25) is 5.02 Å². The number of nitrogens with two attached hydrogens (primary N) is 1. The Labute approximate surface area is 147 Å². The summed E-state index contributed by atoms with van der Waals surface area (Å²) in [5.74, 6) is -0.636. The van der Waals surface area contributed by atoms with Gasteiger partial charge in [0.15, 0.2) is 0 Å². The highest BCUT2D eigenvalue weighted by atomic mass is 35.5. The van der Waals surface area contributed by atoms with Crippen LogP contribution >= 0.6 is 23.4 Å². The van der Waals surface area contributed by atoms with E-state index in [1.54, 1.807) is 30.5 Å². The number of nitrogens with one attached hydrogen (secondary N) is 1. The van der Waals surface area contributed by atoms with E-state index in [1.165, 1.54) is 36.0 Å². The number of anilines is 1. The molecule has 0 aliphatic carbocycles. The first-order chi connectivity index (χ1) is 11.4. The van der Waals surface area contributed by atoms with Crippen LogP contribution in [0.15, 0.2) is 53.6 Å². The zero-order valence-electron chi connectivity index (χ0n) is 12.7. The van der Waals surface area contributed by atoms with E-state index in [9.17, 15) is 14.9 Å². The molecule has 0 radical (unpaired) electrons. The Morgan fingerprint density at radius 3 is 2.42 bits per heavy atom. The number of nitro groups is 1. The lowest BCUT2D eigenvalue weighted by molar-refractivity contribution is -0.384. The van der Waals surface area contributed by atoms with Crippen LogP contribution < -0.4 is 11.1 Å². The summed E-state index contributed by atoms with van der Waals surface area (Å²) in [6.45, 7) is 0. The molecule has 6 nitrogen and oxygen atoms in total. The van der Waals surface area contributed by atoms with Gasteiger partial charge in [0.2, 0.25) is 0 Å². The standard InChI is InChI=1S/C16H14ClN3O3S/c1-24-16(19-12-4-2-3-11(17)9-12)14(15(18)21)10-5-7-13(8-6-10)20(22)23/h2-9,19H,1H3,(H2,18,21)/b16-14-. The van der Waals surface area contributed by atoms with E-state index in [0.717, 1.165) is 0 Å². The molecule has 1 amide bonds. The molecule has 2 rings (SSSR count). The van der Waals surface area contributed by atoms with Gasteiger partial charge in [-0.05, 0) is 42.2 Å². The number of hydrogen-bond acceptors (Lipinski definition) is 5. The lowest BCUT2D eigenvalue weighted by Gasteiger charge is -2.14. The van der Waals surface area contributed by atoms with Crippen molar-refractivity contribution >= 4 is 46.2 Å². The van der Waals surface area contributed by atoms with Crippen LogP contribution in [0.4, 0.5) is 11.4 Å². The van der Waals surface area contributed by atoms with Gasteiger partial charge in [0, 0.05) is 22.8 Å². The molecule has 2 aromatic carbocycles. The number of rotatable bonds is 6. The number of carbonyl (C=O) groups excluding carboxylic acids is 1. The molecular weight excluding hydrogens is 350 g/mol. The SMILES string of the molecule is CS/C(Nc1cccc(Cl)c1)=C(\C(N)=O)c1ccc([N+](=O)[O-])cc1. The number of non-ortho nitro benzene ring substituents is 1. The summed E-state index contributed by atoms with van der Waals surface area (Å²) >= 11 is 7.26. The van der Waals surface area contributed by atoms with Gasteiger partial charge < -0.3 is 11.1 Å². The fourth-order valence-electron chi connectivity index (χ4n) is 2.05. The molecule has 24 heavy (non-hydrogen) atoms. The zero-order chi connectivity index (χ0) is 17.7. The van der Waals surface area contributed by atoms with E-state index in [0.29, 0.717) is 21.3 Å². The number of primary amides is 1. The molecule has 2 aromatic rings. The minimum atomic E-state index is -0.636. The molecule has 0 aliphatic rings. The average Bonchev–Trinajstić information content (AvgIpc) is 2.54. The molecule has 0 saturated heterocycles. The van der Waals surface area contributed by atoms with Gasteiger partial charge in [0.1, 0.15) is 0 Å². The smallest absolute Gasteiger partial charge is 0.269 e. The van der Waals surface area contributed by atoms with Gasteiger partial charge in [-0.2, -0.15) is 0 Å². The van der Waals surface area contributed by atoms with Crippen molar-refractivity contribution in [2.45, 2.75) is 0 Å². The average molecular weight is 364 g/mol. The molecule has 0 heterocycles. The van der Waals surface area contributed by atoms with Crippen LogP contribution in [-0.4, -0.2) is 17.1 Å². The Morgan fingerprint density at radius 2 is 1.92 bits per heavy atom. The van der Waals surface area contributed by atoms with Gasteiger partial charge in [0.05, 0.1) is 15.5 Å². The number of nitro benzene ring substituents is 1. The van der Waals surface area contributed by atoms with E-state index in [4.69, 9.17) is 17.3 Å². The van der Waals surface area contributed by atoms with Crippen molar-refractivity contribution in [3.63, 3.8) is 0 Å². The summed E-state index contributed by atoms with van der Waals surface area (Å²) in [5.41, 5.74) is 6.90. The van der Waals surface area contributed by atoms with Crippen LogP contribution in [0.5, 0.6) is 0 Å². The third-order valence-electron chi connectivity index (χ3n) is 3.13. The number of amides is 1. The van der Waals surface area contributed by atoms with Crippen molar-refractivity contribution < 1.29 is 9.72 Å². The molecule has 3 N–H and O–H groups in total. The van der Waals surface area contributed by atoms with E-state index < -0.39 is 10.8 Å². The van der Waals surface area contributed by atoms with E-state index >= 15 is 0 Å². The summed E-state index contributed by atoms with van der Waals surface area (Å²) in [6, 6.07) is 12.7. The lowest BCUT2D eigenvalue weighted by atomic mass is 10.1. The molecule has 0 unspecified atom stereocenters. The van der Waals surface area contributed by atoms with Crippen LogP contribution in [-0.2, 0) is 4.79 Å². The van der Waals surface area contributed by atoms with Gasteiger partial charge in [-0.3, -0.25) is 14.9 Å². The Hall–Kier alpha value is -2.51. The van der Waals surface area contributed by atoms with Gasteiger partial charge in [-0.1, -0.05) is 17.7 Å². The predicted molar refractivity (Wildman–Crippen MR) is 97.8 cm³/mol. The Kier molecular flexibility index (Phi) is 5.83. The quantitative estimate of drug-likeness (QED) is 0.461. The molecule has 0 spiro atoms. The number of halogens is 1. The molecule has 124 valence electrons. The van der Waals surface area contributed by atoms with Crippen molar-refractivity contribution in [3.8, 4) is 0 Å². The van der Waals surface area contributed by atoms with Crippen LogP contribution in [0.25, 0.3) is 5.57 Å². The first-order valence-electron chi connectivity index (χ1n) is 6.78. The molecule has 8 heteroatoms. The molecule has 0 saturated carbocycles. The fraction of sp³-hybridized carbons (Fsp3) is 0.0625. The van der Waals surface area contributed by atoms with Crippen molar-refractivity contribution in [1.82, 2.24) is 0 Å². The number of hydrogen-bond donors (Lipinski definition) is 2. The Bertz CT molecular complexity index is 806. The maximum atomic E-state index is 11.9. The summed E-state index contributed by atoms with van der Waals surface area (Å²) < 4.78 is 0. The van der Waals surface area contributed by atoms with Gasteiger partial charge in [0.25, 0.3) is 11.6 Å². The minimum Gasteiger partial charge on any atom is -0.365 e. The highest BCUT2D eigenvalue weighted by molar-refractivity contribution is 8.02. The van der Waals surface area contributed by atoms with Crippen LogP contribution in [0, 0.1) is 10.1 Å². The molecule has 0 atom stereocenters. The van der Waals surface area contributed by atoms with Crippen molar-refractivity contribution in [2.75, 3.05) is 11.6 Å². The summed E-state index contributed by atoms with van der Waals surface area (Å²) in [5, 5.41) is 14.9. The maximum Gasteiger partial charge on any atom is 0.269 e. The largest absolute Gasteiger partial charge is 0.365 e. The van der Waals surface area contributed by atoms with Crippen molar-refractivity contribution in [2.24, 2.45) is 5.73 Å². The lowest BCUT2D eigenvalue weighted by Crippen LogP contribution is -2.16. The van der Waals surface area contributed by atoms with E-state index in [1.807, 2.05) is 0 Å². The number of nitrogens with zero attached hydrogens (tertiary/aromatic N) is 1. The Morgan fingerprint density at radius 1 is 1.25 bits per heavy atom. The third-order valence-corrected chi connectivity index (χ3v) is 4.08. The summed E-state index contributed by atoms with van der Waals surface area (Å²) in [7, 11) is 0. The monoisotopic (exact) mass is 363 g/mol. The van der Waals surface area contributed by atoms with Crippen LogP contribution in [0.1, 0.15) is 5.56 Å². The second kappa shape index (κ2) is 7.85. The second-order valence-corrected chi connectivity index (χ2v) is 5.96. The topological polar surface area (TPSA) is 98.3 Å². The van der Waals surface area contributed by atoms with E-state index in [2.05, 4.69) is 5.32 Å². The normalized spacial score (nSPS) is 11.6. The van der Waals surface area contributed by atoms with Gasteiger partial charge in [-0.25, -0.2) is 0 Å². The number of carbonyl (C=O) groups is 1. The molecule has 0 fully saturated rings. The molecule has 0 bridgehead atoms. The minimum absolute atomic E-state index is 0.0592. The first-order valence-corrected chi connectivity index (χ1v) is 8.38. The molecule has 0 aromatic heterocycles.